The zero-order valence-corrected chi connectivity index (χ0v) is 13.3. The van der Waals surface area contributed by atoms with Gasteiger partial charge in [-0.1, -0.05) is 36.8 Å². The molecule has 0 aliphatic rings. The maximum Gasteiger partial charge on any atom is 0.225 e. The van der Waals surface area contributed by atoms with Crippen LogP contribution in [0.15, 0.2) is 24.4 Å². The summed E-state index contributed by atoms with van der Waals surface area (Å²) < 4.78 is 0. The van der Waals surface area contributed by atoms with Crippen LogP contribution in [0.2, 0.25) is 0 Å². The molecule has 0 aliphatic heterocycles. The molecule has 7 heteroatoms. The second kappa shape index (κ2) is 6.60. The number of fused-ring (bicyclic) bond motifs is 1. The second-order valence-electron chi connectivity index (χ2n) is 5.67. The van der Waals surface area contributed by atoms with Gasteiger partial charge in [0.1, 0.15) is 0 Å². The van der Waals surface area contributed by atoms with Crippen molar-refractivity contribution < 1.29 is 4.79 Å². The van der Waals surface area contributed by atoms with Crippen molar-refractivity contribution in [1.29, 1.82) is 0 Å². The number of tetrazole rings is 1. The zero-order valence-electron chi connectivity index (χ0n) is 13.3. The third-order valence-electron chi connectivity index (χ3n) is 3.95. The van der Waals surface area contributed by atoms with Gasteiger partial charge < -0.3 is 10.3 Å². The lowest BCUT2D eigenvalue weighted by Gasteiger charge is -2.14. The summed E-state index contributed by atoms with van der Waals surface area (Å²) in [5.74, 6) is 0.477. The summed E-state index contributed by atoms with van der Waals surface area (Å²) in [7, 11) is 0. The third kappa shape index (κ3) is 3.23. The molecule has 2 heterocycles. The largest absolute Gasteiger partial charge is 0.361 e. The van der Waals surface area contributed by atoms with Gasteiger partial charge in [0.25, 0.3) is 0 Å². The topological polar surface area (TPSA) is 99.4 Å². The van der Waals surface area contributed by atoms with Crippen molar-refractivity contribution in [2.45, 2.75) is 39.2 Å². The van der Waals surface area contributed by atoms with E-state index in [0.29, 0.717) is 12.2 Å². The average Bonchev–Trinajstić information content (AvgIpc) is 3.18. The van der Waals surface area contributed by atoms with Crippen molar-refractivity contribution in [3.8, 4) is 0 Å². The Kier molecular flexibility index (Phi) is 4.36. The third-order valence-corrected chi connectivity index (χ3v) is 3.95. The van der Waals surface area contributed by atoms with E-state index in [1.807, 2.05) is 18.3 Å². The predicted molar refractivity (Wildman–Crippen MR) is 86.7 cm³/mol. The minimum absolute atomic E-state index is 0.0457. The van der Waals surface area contributed by atoms with Gasteiger partial charge in [-0.2, -0.15) is 5.21 Å². The molecule has 7 nitrogen and oxygen atoms in total. The molecule has 23 heavy (non-hydrogen) atoms. The molecule has 0 bridgehead atoms. The maximum absolute atomic E-state index is 12.4. The van der Waals surface area contributed by atoms with E-state index in [1.54, 1.807) is 0 Å². The highest BCUT2D eigenvalue weighted by Crippen LogP contribution is 2.22. The van der Waals surface area contributed by atoms with E-state index in [4.69, 9.17) is 0 Å². The average molecular weight is 312 g/mol. The quantitative estimate of drug-likeness (QED) is 0.649. The molecule has 3 rings (SSSR count). The standard InChI is InChI=1S/C16H20N6O/c1-3-5-13(16-19-21-22-20-16)18-14(23)8-11-9-17-15-10(2)6-4-7-12(11)15/h4,6-7,9,13,17H,3,5,8H2,1-2H3,(H,18,23)(H,19,20,21,22)/t13-/m1/s1. The normalized spacial score (nSPS) is 12.4. The van der Waals surface area contributed by atoms with Gasteiger partial charge in [-0.15, -0.1) is 10.2 Å². The fraction of sp³-hybridized carbons (Fsp3) is 0.375. The highest BCUT2D eigenvalue weighted by Gasteiger charge is 2.19. The van der Waals surface area contributed by atoms with Gasteiger partial charge in [-0.25, -0.2) is 0 Å². The first-order valence-corrected chi connectivity index (χ1v) is 7.77. The maximum atomic E-state index is 12.4. The van der Waals surface area contributed by atoms with Crippen LogP contribution in [-0.4, -0.2) is 31.5 Å². The molecule has 0 fully saturated rings. The molecule has 0 radical (unpaired) electrons. The number of rotatable bonds is 6. The van der Waals surface area contributed by atoms with Gasteiger partial charge in [0.15, 0.2) is 5.82 Å². The molecule has 0 saturated heterocycles. The van der Waals surface area contributed by atoms with Crippen molar-refractivity contribution in [3.63, 3.8) is 0 Å². The van der Waals surface area contributed by atoms with Crippen molar-refractivity contribution in [2.24, 2.45) is 0 Å². The Morgan fingerprint density at radius 3 is 3.00 bits per heavy atom. The summed E-state index contributed by atoms with van der Waals surface area (Å²) >= 11 is 0. The van der Waals surface area contributed by atoms with Crippen molar-refractivity contribution >= 4 is 16.8 Å². The summed E-state index contributed by atoms with van der Waals surface area (Å²) in [6.07, 6.45) is 3.92. The van der Waals surface area contributed by atoms with Gasteiger partial charge in [0.2, 0.25) is 5.91 Å². The first-order chi connectivity index (χ1) is 11.2. The monoisotopic (exact) mass is 312 g/mol. The Balaban J connectivity index is 1.74. The fourth-order valence-corrected chi connectivity index (χ4v) is 2.80. The molecule has 1 aromatic carbocycles. The van der Waals surface area contributed by atoms with Crippen molar-refractivity contribution in [2.75, 3.05) is 0 Å². The highest BCUT2D eigenvalue weighted by molar-refractivity contribution is 5.90. The molecule has 0 aliphatic carbocycles. The van der Waals surface area contributed by atoms with Crippen LogP contribution >= 0.6 is 0 Å². The van der Waals surface area contributed by atoms with Crippen LogP contribution in [0, 0.1) is 6.92 Å². The molecule has 1 atom stereocenters. The van der Waals surface area contributed by atoms with E-state index in [9.17, 15) is 4.79 Å². The van der Waals surface area contributed by atoms with E-state index in [1.165, 1.54) is 5.56 Å². The van der Waals surface area contributed by atoms with E-state index >= 15 is 0 Å². The molecule has 1 amide bonds. The predicted octanol–water partition coefficient (Wildman–Crippen LogP) is 2.19. The fourth-order valence-electron chi connectivity index (χ4n) is 2.80. The summed E-state index contributed by atoms with van der Waals surface area (Å²) in [4.78, 5) is 15.7. The Morgan fingerprint density at radius 2 is 2.26 bits per heavy atom. The molecule has 0 unspecified atom stereocenters. The van der Waals surface area contributed by atoms with Gasteiger partial charge >= 0.3 is 0 Å². The Hall–Kier alpha value is -2.70. The first kappa shape index (κ1) is 15.2. The van der Waals surface area contributed by atoms with E-state index < -0.39 is 0 Å². The van der Waals surface area contributed by atoms with Crippen LogP contribution in [0.4, 0.5) is 0 Å². The molecular formula is C16H20N6O. The summed E-state index contributed by atoms with van der Waals surface area (Å²) in [6, 6.07) is 5.88. The molecule has 3 N–H and O–H groups in total. The Labute approximate surface area is 133 Å². The molecule has 3 aromatic rings. The van der Waals surface area contributed by atoms with Crippen molar-refractivity contribution in [3.05, 3.63) is 41.3 Å². The van der Waals surface area contributed by atoms with E-state index in [0.717, 1.165) is 29.3 Å². The summed E-state index contributed by atoms with van der Waals surface area (Å²) in [5.41, 5.74) is 3.24. The number of benzene rings is 1. The smallest absolute Gasteiger partial charge is 0.225 e. The highest BCUT2D eigenvalue weighted by atomic mass is 16.1. The molecular weight excluding hydrogens is 292 g/mol. The summed E-state index contributed by atoms with van der Waals surface area (Å²) in [5, 5.41) is 18.0. The lowest BCUT2D eigenvalue weighted by Crippen LogP contribution is -2.30. The zero-order chi connectivity index (χ0) is 16.2. The number of nitrogens with zero attached hydrogens (tertiary/aromatic N) is 3. The lowest BCUT2D eigenvalue weighted by atomic mass is 10.1. The number of aromatic nitrogens is 5. The molecule has 120 valence electrons. The SMILES string of the molecule is CCC[C@@H](NC(=O)Cc1c[nH]c2c(C)cccc12)c1nn[nH]n1. The number of aryl methyl sites for hydroxylation is 1. The van der Waals surface area contributed by atoms with Crippen LogP contribution in [0.25, 0.3) is 10.9 Å². The van der Waals surface area contributed by atoms with Crippen LogP contribution < -0.4 is 5.32 Å². The van der Waals surface area contributed by atoms with Crippen LogP contribution in [0.5, 0.6) is 0 Å². The number of nitrogens with one attached hydrogen (secondary N) is 3. The lowest BCUT2D eigenvalue weighted by molar-refractivity contribution is -0.121. The number of carbonyl (C=O) groups is 1. The summed E-state index contributed by atoms with van der Waals surface area (Å²) in [6.45, 7) is 4.11. The van der Waals surface area contributed by atoms with Gasteiger partial charge in [-0.05, 0) is 24.5 Å². The number of aromatic amines is 2. The Morgan fingerprint density at radius 1 is 1.39 bits per heavy atom. The molecule has 0 saturated carbocycles. The van der Waals surface area contributed by atoms with Crippen LogP contribution in [0.1, 0.15) is 42.8 Å². The minimum Gasteiger partial charge on any atom is -0.361 e. The number of hydrogen-bond donors (Lipinski definition) is 3. The minimum atomic E-state index is -0.210. The van der Waals surface area contributed by atoms with Gasteiger partial charge in [0.05, 0.1) is 12.5 Å². The Bertz CT molecular complexity index is 792. The number of H-pyrrole nitrogens is 2. The molecule has 2 aromatic heterocycles. The van der Waals surface area contributed by atoms with Crippen LogP contribution in [-0.2, 0) is 11.2 Å². The van der Waals surface area contributed by atoms with Crippen LogP contribution in [0.3, 0.4) is 0 Å². The van der Waals surface area contributed by atoms with Gasteiger partial charge in [0, 0.05) is 17.1 Å². The van der Waals surface area contributed by atoms with E-state index in [2.05, 4.69) is 50.8 Å². The number of para-hydroxylation sites is 1. The first-order valence-electron chi connectivity index (χ1n) is 7.77. The van der Waals surface area contributed by atoms with Gasteiger partial charge in [-0.3, -0.25) is 4.79 Å². The number of amides is 1. The number of hydrogen-bond acceptors (Lipinski definition) is 4. The molecule has 0 spiro atoms. The van der Waals surface area contributed by atoms with Crippen molar-refractivity contribution in [1.82, 2.24) is 30.9 Å². The second-order valence-corrected chi connectivity index (χ2v) is 5.67. The van der Waals surface area contributed by atoms with E-state index in [-0.39, 0.29) is 11.9 Å². The number of carbonyl (C=O) groups excluding carboxylic acids is 1.